The smallest absolute Gasteiger partial charge is 0.250 e. The van der Waals surface area contributed by atoms with E-state index in [2.05, 4.69) is 25.2 Å². The molecule has 3 aromatic rings. The van der Waals surface area contributed by atoms with Gasteiger partial charge in [-0.2, -0.15) is 4.98 Å². The van der Waals surface area contributed by atoms with Crippen molar-refractivity contribution >= 4 is 11.7 Å². The van der Waals surface area contributed by atoms with Gasteiger partial charge in [-0.15, -0.1) is 0 Å². The van der Waals surface area contributed by atoms with Gasteiger partial charge in [0.1, 0.15) is 12.1 Å². The van der Waals surface area contributed by atoms with Crippen molar-refractivity contribution in [2.45, 2.75) is 19.4 Å². The molecule has 1 atom stereocenters. The molecule has 0 saturated carbocycles. The zero-order chi connectivity index (χ0) is 23.2. The van der Waals surface area contributed by atoms with Gasteiger partial charge in [0, 0.05) is 37.2 Å². The lowest BCUT2D eigenvalue weighted by molar-refractivity contribution is -0.133. The van der Waals surface area contributed by atoms with Crippen molar-refractivity contribution in [3.05, 3.63) is 54.2 Å². The van der Waals surface area contributed by atoms with Crippen LogP contribution in [0.3, 0.4) is 0 Å². The number of benzene rings is 1. The third-order valence-electron chi connectivity index (χ3n) is 5.41. The van der Waals surface area contributed by atoms with E-state index in [-0.39, 0.29) is 5.91 Å². The standard InChI is InChI=1S/C23H28N6O4/c1-16-12-21(27-23(26-16)29-9-8-24-15-29)28-10-11-33-20(14-28)22(30)25-7-6-17-4-5-18(31-2)19(13-17)32-3/h4-5,8-9,12-13,15,20H,6-7,10-11,14H2,1-3H3,(H,25,30). The van der Waals surface area contributed by atoms with Crippen molar-refractivity contribution in [2.24, 2.45) is 0 Å². The fourth-order valence-corrected chi connectivity index (χ4v) is 3.69. The van der Waals surface area contributed by atoms with Gasteiger partial charge in [0.05, 0.1) is 27.4 Å². The Hall–Kier alpha value is -3.66. The highest BCUT2D eigenvalue weighted by Crippen LogP contribution is 2.27. The topological polar surface area (TPSA) is 104 Å². The first-order valence-corrected chi connectivity index (χ1v) is 10.8. The molecule has 0 radical (unpaired) electrons. The highest BCUT2D eigenvalue weighted by molar-refractivity contribution is 5.81. The number of amides is 1. The maximum Gasteiger partial charge on any atom is 0.250 e. The highest BCUT2D eigenvalue weighted by atomic mass is 16.5. The number of nitrogens with zero attached hydrogens (tertiary/aromatic N) is 5. The summed E-state index contributed by atoms with van der Waals surface area (Å²) in [6.45, 7) is 3.92. The summed E-state index contributed by atoms with van der Waals surface area (Å²) in [7, 11) is 3.21. The SMILES string of the molecule is COc1ccc(CCNC(=O)C2CN(c3cc(C)nc(-n4ccnc4)n3)CCO2)cc1OC. The second-order valence-corrected chi connectivity index (χ2v) is 7.67. The molecule has 0 spiro atoms. The number of morpholine rings is 1. The molecule has 1 amide bonds. The summed E-state index contributed by atoms with van der Waals surface area (Å²) in [6, 6.07) is 7.65. The van der Waals surface area contributed by atoms with Crippen molar-refractivity contribution in [1.82, 2.24) is 24.8 Å². The van der Waals surface area contributed by atoms with Gasteiger partial charge >= 0.3 is 0 Å². The van der Waals surface area contributed by atoms with Gasteiger partial charge in [-0.05, 0) is 31.0 Å². The van der Waals surface area contributed by atoms with Crippen LogP contribution in [-0.2, 0) is 16.0 Å². The number of carbonyl (C=O) groups is 1. The Kier molecular flexibility index (Phi) is 7.04. The lowest BCUT2D eigenvalue weighted by Crippen LogP contribution is -2.50. The third kappa shape index (κ3) is 5.40. The first-order valence-electron chi connectivity index (χ1n) is 10.8. The fraction of sp³-hybridized carbons (Fsp3) is 0.391. The largest absolute Gasteiger partial charge is 0.493 e. The molecule has 1 unspecified atom stereocenters. The first-order chi connectivity index (χ1) is 16.1. The van der Waals surface area contributed by atoms with E-state index in [1.54, 1.807) is 37.5 Å². The van der Waals surface area contributed by atoms with Crippen LogP contribution < -0.4 is 19.7 Å². The lowest BCUT2D eigenvalue weighted by atomic mass is 10.1. The predicted octanol–water partition coefficient (Wildman–Crippen LogP) is 1.55. The number of hydrogen-bond donors (Lipinski definition) is 1. The van der Waals surface area contributed by atoms with Crippen molar-refractivity contribution in [2.75, 3.05) is 45.4 Å². The molecule has 1 aliphatic heterocycles. The zero-order valence-electron chi connectivity index (χ0n) is 19.0. The number of imidazole rings is 1. The number of methoxy groups -OCH3 is 2. The van der Waals surface area contributed by atoms with Gasteiger partial charge in [0.2, 0.25) is 5.95 Å². The number of ether oxygens (including phenoxy) is 3. The van der Waals surface area contributed by atoms with E-state index < -0.39 is 6.10 Å². The molecule has 10 nitrogen and oxygen atoms in total. The molecular weight excluding hydrogens is 424 g/mol. The number of aromatic nitrogens is 4. The minimum atomic E-state index is -0.573. The Morgan fingerprint density at radius 2 is 2.06 bits per heavy atom. The molecule has 0 aliphatic carbocycles. The van der Waals surface area contributed by atoms with Crippen LogP contribution in [0, 0.1) is 6.92 Å². The molecule has 1 fully saturated rings. The number of nitrogens with one attached hydrogen (secondary N) is 1. The van der Waals surface area contributed by atoms with Crippen LogP contribution in [0.25, 0.3) is 5.95 Å². The molecule has 10 heteroatoms. The van der Waals surface area contributed by atoms with E-state index >= 15 is 0 Å². The molecule has 1 N–H and O–H groups in total. The van der Waals surface area contributed by atoms with E-state index in [0.29, 0.717) is 50.1 Å². The summed E-state index contributed by atoms with van der Waals surface area (Å²) in [5, 5.41) is 2.98. The summed E-state index contributed by atoms with van der Waals surface area (Å²) in [5.74, 6) is 2.52. The quantitative estimate of drug-likeness (QED) is 0.549. The molecule has 1 aromatic carbocycles. The average Bonchev–Trinajstić information content (AvgIpc) is 3.39. The van der Waals surface area contributed by atoms with Gasteiger partial charge in [0.15, 0.2) is 17.6 Å². The van der Waals surface area contributed by atoms with Crippen molar-refractivity contribution in [3.8, 4) is 17.4 Å². The average molecular weight is 453 g/mol. The van der Waals surface area contributed by atoms with Crippen LogP contribution in [0.2, 0.25) is 0 Å². The first kappa shape index (κ1) is 22.5. The Balaban J connectivity index is 1.35. The van der Waals surface area contributed by atoms with Crippen LogP contribution >= 0.6 is 0 Å². The minimum absolute atomic E-state index is 0.138. The predicted molar refractivity (Wildman–Crippen MR) is 122 cm³/mol. The zero-order valence-corrected chi connectivity index (χ0v) is 19.0. The second-order valence-electron chi connectivity index (χ2n) is 7.67. The van der Waals surface area contributed by atoms with Gasteiger partial charge in [-0.25, -0.2) is 9.97 Å². The van der Waals surface area contributed by atoms with Crippen molar-refractivity contribution in [1.29, 1.82) is 0 Å². The third-order valence-corrected chi connectivity index (χ3v) is 5.41. The van der Waals surface area contributed by atoms with Crippen molar-refractivity contribution in [3.63, 3.8) is 0 Å². The summed E-state index contributed by atoms with van der Waals surface area (Å²) >= 11 is 0. The normalized spacial score (nSPS) is 15.8. The van der Waals surface area contributed by atoms with E-state index in [9.17, 15) is 4.79 Å². The van der Waals surface area contributed by atoms with Crippen LogP contribution in [-0.4, -0.2) is 72.0 Å². The minimum Gasteiger partial charge on any atom is -0.493 e. The van der Waals surface area contributed by atoms with E-state index in [1.807, 2.05) is 31.2 Å². The number of rotatable bonds is 8. The summed E-state index contributed by atoms with van der Waals surface area (Å²) in [6.07, 6.45) is 5.24. The number of aryl methyl sites for hydroxylation is 1. The molecule has 3 heterocycles. The van der Waals surface area contributed by atoms with E-state index in [1.165, 1.54) is 0 Å². The maximum atomic E-state index is 12.8. The molecule has 2 aromatic heterocycles. The number of hydrogen-bond acceptors (Lipinski definition) is 8. The fourth-order valence-electron chi connectivity index (χ4n) is 3.69. The summed E-state index contributed by atoms with van der Waals surface area (Å²) in [5.41, 5.74) is 1.88. The Morgan fingerprint density at radius 1 is 1.21 bits per heavy atom. The Morgan fingerprint density at radius 3 is 2.82 bits per heavy atom. The van der Waals surface area contributed by atoms with Gasteiger partial charge < -0.3 is 24.4 Å². The maximum absolute atomic E-state index is 12.8. The summed E-state index contributed by atoms with van der Waals surface area (Å²) < 4.78 is 18.1. The molecule has 174 valence electrons. The van der Waals surface area contributed by atoms with Gasteiger partial charge in [-0.3, -0.25) is 9.36 Å². The van der Waals surface area contributed by atoms with Crippen LogP contribution in [0.5, 0.6) is 11.5 Å². The molecule has 33 heavy (non-hydrogen) atoms. The van der Waals surface area contributed by atoms with Crippen LogP contribution in [0.1, 0.15) is 11.3 Å². The van der Waals surface area contributed by atoms with E-state index in [4.69, 9.17) is 14.2 Å². The molecule has 1 saturated heterocycles. The Labute approximate surface area is 192 Å². The lowest BCUT2D eigenvalue weighted by Gasteiger charge is -2.33. The van der Waals surface area contributed by atoms with Crippen molar-refractivity contribution < 1.29 is 19.0 Å². The second kappa shape index (κ2) is 10.3. The van der Waals surface area contributed by atoms with E-state index in [0.717, 1.165) is 17.1 Å². The molecule has 4 rings (SSSR count). The Bertz CT molecular complexity index is 1090. The van der Waals surface area contributed by atoms with Gasteiger partial charge in [0.25, 0.3) is 5.91 Å². The molecule has 1 aliphatic rings. The van der Waals surface area contributed by atoms with Gasteiger partial charge in [-0.1, -0.05) is 6.07 Å². The summed E-state index contributed by atoms with van der Waals surface area (Å²) in [4.78, 5) is 28.0. The number of anilines is 1. The van der Waals surface area contributed by atoms with Crippen LogP contribution in [0.15, 0.2) is 43.0 Å². The highest BCUT2D eigenvalue weighted by Gasteiger charge is 2.27. The van der Waals surface area contributed by atoms with Crippen LogP contribution in [0.4, 0.5) is 5.82 Å². The molecule has 0 bridgehead atoms. The number of carbonyl (C=O) groups excluding carboxylic acids is 1. The molecular formula is C23H28N6O4. The monoisotopic (exact) mass is 452 g/mol.